The molecule has 0 bridgehead atoms. The Balaban J connectivity index is 1.21. The minimum Gasteiger partial charge on any atom is -0.365 e. The number of aromatic nitrogens is 4. The molecule has 0 unspecified atom stereocenters. The van der Waals surface area contributed by atoms with E-state index in [-0.39, 0.29) is 17.0 Å². The molecule has 1 saturated heterocycles. The van der Waals surface area contributed by atoms with E-state index in [0.717, 1.165) is 49.7 Å². The van der Waals surface area contributed by atoms with E-state index in [1.807, 2.05) is 6.33 Å². The molecular formula is C28H39ClN8O2S. The van der Waals surface area contributed by atoms with Crippen LogP contribution in [-0.2, 0) is 10.0 Å². The number of sulfonamides is 1. The van der Waals surface area contributed by atoms with Crippen molar-refractivity contribution >= 4 is 44.6 Å². The number of nitrogens with zero attached hydrogens (tertiary/aromatic N) is 5. The zero-order valence-corrected chi connectivity index (χ0v) is 24.4. The van der Waals surface area contributed by atoms with Gasteiger partial charge >= 0.3 is 0 Å². The number of fused-ring (bicyclic) bond motifs is 1. The fraction of sp³-hybridized carbons (Fsp3) is 0.607. The molecule has 3 fully saturated rings. The molecule has 10 nitrogen and oxygen atoms in total. The lowest BCUT2D eigenvalue weighted by Crippen LogP contribution is -2.42. The summed E-state index contributed by atoms with van der Waals surface area (Å²) >= 11 is 5.96. The fourth-order valence-corrected chi connectivity index (χ4v) is 7.94. The van der Waals surface area contributed by atoms with Crippen LogP contribution in [0.25, 0.3) is 11.2 Å². The number of nitrogens with two attached hydrogens (primary N) is 1. The van der Waals surface area contributed by atoms with Crippen LogP contribution in [0.2, 0.25) is 5.02 Å². The van der Waals surface area contributed by atoms with Crippen molar-refractivity contribution in [2.75, 3.05) is 23.7 Å². The average molecular weight is 587 g/mol. The maximum absolute atomic E-state index is 13.2. The van der Waals surface area contributed by atoms with Crippen molar-refractivity contribution in [1.29, 1.82) is 0 Å². The van der Waals surface area contributed by atoms with E-state index in [1.54, 1.807) is 28.6 Å². The number of nitrogens with one attached hydrogen (secondary N) is 2. The van der Waals surface area contributed by atoms with E-state index in [2.05, 4.69) is 15.2 Å². The minimum atomic E-state index is -3.56. The molecule has 1 aromatic carbocycles. The van der Waals surface area contributed by atoms with Crippen LogP contribution in [0.15, 0.2) is 35.5 Å². The number of imidazole rings is 1. The lowest BCUT2D eigenvalue weighted by Gasteiger charge is -2.32. The number of piperidine rings is 1. The predicted octanol–water partition coefficient (Wildman–Crippen LogP) is 4.93. The Labute approximate surface area is 241 Å². The lowest BCUT2D eigenvalue weighted by molar-refractivity contribution is 0.329. The van der Waals surface area contributed by atoms with Crippen LogP contribution in [0, 0.1) is 0 Å². The molecule has 4 N–H and O–H groups in total. The second kappa shape index (κ2) is 11.8. The van der Waals surface area contributed by atoms with Crippen LogP contribution in [-0.4, -0.2) is 63.5 Å². The van der Waals surface area contributed by atoms with Gasteiger partial charge in [-0.3, -0.25) is 0 Å². The van der Waals surface area contributed by atoms with Gasteiger partial charge in [0.25, 0.3) is 0 Å². The SMILES string of the molecule is NC1CCC(Nc2nc(NC3CCN(S(=O)(=O)c4ccc(Cl)cc4)CC3)c3ncn(C4CCCCC4)c3n2)CC1. The van der Waals surface area contributed by atoms with E-state index >= 15 is 0 Å². The Morgan fingerprint density at radius 3 is 2.23 bits per heavy atom. The topological polar surface area (TPSA) is 131 Å². The number of hydrogen-bond acceptors (Lipinski definition) is 8. The quantitative estimate of drug-likeness (QED) is 0.355. The summed E-state index contributed by atoms with van der Waals surface area (Å²) < 4.78 is 30.1. The Hall–Kier alpha value is -2.47. The van der Waals surface area contributed by atoms with Gasteiger partial charge in [0.15, 0.2) is 17.0 Å². The Morgan fingerprint density at radius 1 is 0.850 bits per heavy atom. The van der Waals surface area contributed by atoms with E-state index < -0.39 is 10.0 Å². The van der Waals surface area contributed by atoms with Crippen molar-refractivity contribution in [2.24, 2.45) is 5.73 Å². The Kier molecular flexibility index (Phi) is 8.16. The van der Waals surface area contributed by atoms with Crippen molar-refractivity contribution in [3.63, 3.8) is 0 Å². The average Bonchev–Trinajstić information content (AvgIpc) is 3.40. The van der Waals surface area contributed by atoms with Crippen LogP contribution in [0.4, 0.5) is 11.8 Å². The minimum absolute atomic E-state index is 0.0788. The van der Waals surface area contributed by atoms with Gasteiger partial charge in [-0.2, -0.15) is 14.3 Å². The van der Waals surface area contributed by atoms with Gasteiger partial charge in [-0.05, 0) is 75.6 Å². The zero-order valence-electron chi connectivity index (χ0n) is 22.8. The summed E-state index contributed by atoms with van der Waals surface area (Å²) in [5.41, 5.74) is 7.77. The molecule has 3 aliphatic rings. The molecule has 2 aromatic heterocycles. The van der Waals surface area contributed by atoms with Gasteiger partial charge in [0, 0.05) is 42.3 Å². The van der Waals surface area contributed by atoms with E-state index in [0.29, 0.717) is 54.8 Å². The first kappa shape index (κ1) is 27.7. The van der Waals surface area contributed by atoms with Gasteiger partial charge in [-0.25, -0.2) is 13.4 Å². The van der Waals surface area contributed by atoms with Crippen LogP contribution in [0.1, 0.15) is 76.7 Å². The van der Waals surface area contributed by atoms with Crippen molar-refractivity contribution < 1.29 is 8.42 Å². The monoisotopic (exact) mass is 586 g/mol. The molecule has 6 rings (SSSR count). The summed E-state index contributed by atoms with van der Waals surface area (Å²) in [7, 11) is -3.56. The molecular weight excluding hydrogens is 548 g/mol. The Morgan fingerprint density at radius 2 is 1.52 bits per heavy atom. The molecule has 1 aliphatic heterocycles. The molecule has 3 heterocycles. The molecule has 2 saturated carbocycles. The standard InChI is InChI=1S/C28H39ClN8O2S/c29-19-6-12-24(13-7-19)40(38,39)36-16-14-22(15-17-36)32-26-25-27(37(18-31-25)23-4-2-1-3-5-23)35-28(34-26)33-21-10-8-20(30)9-11-21/h6-7,12-13,18,20-23H,1-5,8-11,14-17,30H2,(H2,32,33,34,35). The normalized spacial score (nSPS) is 23.9. The first-order valence-corrected chi connectivity index (χ1v) is 16.5. The molecule has 0 atom stereocenters. The molecule has 0 amide bonds. The predicted molar refractivity (Wildman–Crippen MR) is 158 cm³/mol. The maximum Gasteiger partial charge on any atom is 0.243 e. The summed E-state index contributed by atoms with van der Waals surface area (Å²) in [5, 5.41) is 7.72. The van der Waals surface area contributed by atoms with Crippen molar-refractivity contribution in [3.05, 3.63) is 35.6 Å². The van der Waals surface area contributed by atoms with Crippen molar-refractivity contribution in [1.82, 2.24) is 23.8 Å². The van der Waals surface area contributed by atoms with Crippen LogP contribution in [0.5, 0.6) is 0 Å². The first-order valence-electron chi connectivity index (χ1n) is 14.7. The van der Waals surface area contributed by atoms with Gasteiger partial charge in [0.05, 0.1) is 11.2 Å². The van der Waals surface area contributed by atoms with E-state index in [1.165, 1.54) is 19.3 Å². The number of hydrogen-bond donors (Lipinski definition) is 3. The molecule has 0 spiro atoms. The molecule has 3 aromatic rings. The maximum atomic E-state index is 13.2. The number of benzene rings is 1. The van der Waals surface area contributed by atoms with Gasteiger partial charge < -0.3 is 20.9 Å². The Bertz CT molecular complexity index is 1410. The third-order valence-electron chi connectivity index (χ3n) is 8.74. The fourth-order valence-electron chi connectivity index (χ4n) is 6.34. The third kappa shape index (κ3) is 5.93. The highest BCUT2D eigenvalue weighted by Crippen LogP contribution is 2.33. The summed E-state index contributed by atoms with van der Waals surface area (Å²) in [6.07, 6.45) is 13.3. The van der Waals surface area contributed by atoms with Gasteiger partial charge in [0.1, 0.15) is 0 Å². The van der Waals surface area contributed by atoms with Crippen LogP contribution in [0.3, 0.4) is 0 Å². The summed E-state index contributed by atoms with van der Waals surface area (Å²) in [6, 6.07) is 7.43. The number of anilines is 2. The first-order chi connectivity index (χ1) is 19.4. The second-order valence-corrected chi connectivity index (χ2v) is 13.9. The molecule has 2 aliphatic carbocycles. The highest BCUT2D eigenvalue weighted by Gasteiger charge is 2.30. The molecule has 12 heteroatoms. The third-order valence-corrected chi connectivity index (χ3v) is 10.9. The number of rotatable bonds is 7. The summed E-state index contributed by atoms with van der Waals surface area (Å²) in [5.74, 6) is 1.34. The highest BCUT2D eigenvalue weighted by atomic mass is 35.5. The lowest BCUT2D eigenvalue weighted by atomic mass is 9.92. The van der Waals surface area contributed by atoms with E-state index in [9.17, 15) is 8.42 Å². The van der Waals surface area contributed by atoms with E-state index in [4.69, 9.17) is 32.3 Å². The van der Waals surface area contributed by atoms with Crippen molar-refractivity contribution in [3.8, 4) is 0 Å². The molecule has 40 heavy (non-hydrogen) atoms. The van der Waals surface area contributed by atoms with Crippen molar-refractivity contribution in [2.45, 2.75) is 99.7 Å². The highest BCUT2D eigenvalue weighted by molar-refractivity contribution is 7.89. The van der Waals surface area contributed by atoms with Crippen LogP contribution < -0.4 is 16.4 Å². The van der Waals surface area contributed by atoms with Crippen LogP contribution >= 0.6 is 11.6 Å². The van der Waals surface area contributed by atoms with Gasteiger partial charge in [0.2, 0.25) is 16.0 Å². The largest absolute Gasteiger partial charge is 0.365 e. The zero-order chi connectivity index (χ0) is 27.7. The smallest absolute Gasteiger partial charge is 0.243 e. The summed E-state index contributed by atoms with van der Waals surface area (Å²) in [4.78, 5) is 14.9. The molecule has 216 valence electrons. The number of halogens is 1. The molecule has 0 radical (unpaired) electrons. The second-order valence-electron chi connectivity index (χ2n) is 11.5. The van der Waals surface area contributed by atoms with Gasteiger partial charge in [-0.1, -0.05) is 30.9 Å². The van der Waals surface area contributed by atoms with Gasteiger partial charge in [-0.15, -0.1) is 0 Å². The summed E-state index contributed by atoms with van der Waals surface area (Å²) in [6.45, 7) is 0.863.